The summed E-state index contributed by atoms with van der Waals surface area (Å²) in [6, 6.07) is 10.6. The molecule has 0 bridgehead atoms. The van der Waals surface area contributed by atoms with Gasteiger partial charge in [0.15, 0.2) is 0 Å². The third-order valence-electron chi connectivity index (χ3n) is 4.23. The molecule has 0 radical (unpaired) electrons. The molecule has 4 nitrogen and oxygen atoms in total. The van der Waals surface area contributed by atoms with Crippen LogP contribution in [0.25, 0.3) is 0 Å². The van der Waals surface area contributed by atoms with E-state index < -0.39 is 5.97 Å². The van der Waals surface area contributed by atoms with Gasteiger partial charge in [-0.1, -0.05) is 13.0 Å². The molecule has 2 N–H and O–H groups in total. The number of carboxylic acids is 1. The van der Waals surface area contributed by atoms with Crippen LogP contribution in [-0.4, -0.2) is 17.1 Å². The molecule has 0 spiro atoms. The van der Waals surface area contributed by atoms with E-state index in [1.165, 1.54) is 5.56 Å². The molecule has 146 valence electrons. The lowest BCUT2D eigenvalue weighted by molar-refractivity contribution is -0.136. The first-order chi connectivity index (χ1) is 12.8. The number of ether oxygens (including phenoxy) is 1. The van der Waals surface area contributed by atoms with E-state index in [9.17, 15) is 4.79 Å². The molecule has 0 fully saturated rings. The monoisotopic (exact) mass is 497 g/mol. The molecule has 0 aliphatic heterocycles. The van der Waals surface area contributed by atoms with Crippen molar-refractivity contribution in [1.82, 2.24) is 0 Å². The summed E-state index contributed by atoms with van der Waals surface area (Å²) in [6.45, 7) is 6.85. The number of carboxylic acid groups (broad SMARTS) is 1. The maximum Gasteiger partial charge on any atom is 0.303 e. The Bertz CT molecular complexity index is 785. The van der Waals surface area contributed by atoms with Crippen LogP contribution in [0.1, 0.15) is 43.4 Å². The Morgan fingerprint density at radius 3 is 2.41 bits per heavy atom. The van der Waals surface area contributed by atoms with E-state index in [4.69, 9.17) is 9.84 Å². The average molecular weight is 499 g/mol. The van der Waals surface area contributed by atoms with Crippen LogP contribution >= 0.6 is 31.9 Å². The highest BCUT2D eigenvalue weighted by molar-refractivity contribution is 9.11. The third-order valence-corrected chi connectivity index (χ3v) is 5.41. The quantitative estimate of drug-likeness (QED) is 0.424. The molecule has 1 unspecified atom stereocenters. The summed E-state index contributed by atoms with van der Waals surface area (Å²) in [4.78, 5) is 10.8. The SMILES string of the molecule is CCC(C)Nc1cc(C)cc(COc2c(Br)cc(CCC(=O)O)cc2Br)c1. The predicted octanol–water partition coefficient (Wildman–Crippen LogP) is 6.33. The zero-order valence-corrected chi connectivity index (χ0v) is 19.0. The van der Waals surface area contributed by atoms with Crippen LogP contribution in [0.5, 0.6) is 5.75 Å². The van der Waals surface area contributed by atoms with Gasteiger partial charge in [-0.25, -0.2) is 0 Å². The lowest BCUT2D eigenvalue weighted by Crippen LogP contribution is -2.13. The number of anilines is 1. The fraction of sp³-hybridized carbons (Fsp3) is 0.381. The Kier molecular flexibility index (Phi) is 8.17. The summed E-state index contributed by atoms with van der Waals surface area (Å²) >= 11 is 7.07. The van der Waals surface area contributed by atoms with Gasteiger partial charge in [-0.15, -0.1) is 0 Å². The molecule has 0 saturated carbocycles. The molecule has 0 saturated heterocycles. The molecule has 1 atom stereocenters. The zero-order chi connectivity index (χ0) is 20.0. The summed E-state index contributed by atoms with van der Waals surface area (Å²) in [5, 5.41) is 12.3. The topological polar surface area (TPSA) is 58.6 Å². The molecule has 2 rings (SSSR count). The van der Waals surface area contributed by atoms with Gasteiger partial charge in [0.1, 0.15) is 12.4 Å². The largest absolute Gasteiger partial charge is 0.487 e. The fourth-order valence-electron chi connectivity index (χ4n) is 2.72. The first-order valence-electron chi connectivity index (χ1n) is 8.98. The van der Waals surface area contributed by atoms with Crippen LogP contribution in [0.4, 0.5) is 5.69 Å². The molecule has 0 aliphatic rings. The fourth-order valence-corrected chi connectivity index (χ4v) is 4.23. The molecule has 0 aromatic heterocycles. The summed E-state index contributed by atoms with van der Waals surface area (Å²) in [6.07, 6.45) is 1.65. The summed E-state index contributed by atoms with van der Waals surface area (Å²) in [7, 11) is 0. The summed E-state index contributed by atoms with van der Waals surface area (Å²) < 4.78 is 7.65. The number of aliphatic carboxylic acids is 1. The molecule has 0 amide bonds. The minimum absolute atomic E-state index is 0.105. The first kappa shape index (κ1) is 21.8. The van der Waals surface area contributed by atoms with Crippen LogP contribution < -0.4 is 10.1 Å². The number of aryl methyl sites for hydroxylation is 2. The van der Waals surface area contributed by atoms with Crippen molar-refractivity contribution in [3.05, 3.63) is 56.0 Å². The van der Waals surface area contributed by atoms with Crippen LogP contribution in [0.3, 0.4) is 0 Å². The Morgan fingerprint density at radius 2 is 1.81 bits per heavy atom. The number of halogens is 2. The predicted molar refractivity (Wildman–Crippen MR) is 117 cm³/mol. The Labute approximate surface area is 177 Å². The number of hydrogen-bond acceptors (Lipinski definition) is 3. The van der Waals surface area contributed by atoms with Crippen molar-refractivity contribution in [1.29, 1.82) is 0 Å². The third kappa shape index (κ3) is 6.85. The van der Waals surface area contributed by atoms with Crippen LogP contribution in [0, 0.1) is 6.92 Å². The normalized spacial score (nSPS) is 11.9. The van der Waals surface area contributed by atoms with Crippen molar-refractivity contribution in [2.24, 2.45) is 0 Å². The lowest BCUT2D eigenvalue weighted by atomic mass is 10.1. The second-order valence-corrected chi connectivity index (χ2v) is 8.44. The highest BCUT2D eigenvalue weighted by Crippen LogP contribution is 2.36. The summed E-state index contributed by atoms with van der Waals surface area (Å²) in [5.74, 6) is -0.0872. The van der Waals surface area contributed by atoms with Gasteiger partial charge in [0.25, 0.3) is 0 Å². The minimum Gasteiger partial charge on any atom is -0.487 e. The smallest absolute Gasteiger partial charge is 0.303 e. The second-order valence-electron chi connectivity index (χ2n) is 6.73. The van der Waals surface area contributed by atoms with Crippen molar-refractivity contribution in [3.8, 4) is 5.75 Å². The lowest BCUT2D eigenvalue weighted by Gasteiger charge is -2.16. The molecular weight excluding hydrogens is 474 g/mol. The van der Waals surface area contributed by atoms with E-state index in [1.54, 1.807) is 0 Å². The van der Waals surface area contributed by atoms with Crippen LogP contribution in [-0.2, 0) is 17.8 Å². The average Bonchev–Trinajstić information content (AvgIpc) is 2.58. The second kappa shape index (κ2) is 10.1. The highest BCUT2D eigenvalue weighted by atomic mass is 79.9. The molecular formula is C21H25Br2NO3. The van der Waals surface area contributed by atoms with Crippen molar-refractivity contribution in [2.45, 2.75) is 52.7 Å². The van der Waals surface area contributed by atoms with Crippen molar-refractivity contribution < 1.29 is 14.6 Å². The number of rotatable bonds is 9. The van der Waals surface area contributed by atoms with Crippen molar-refractivity contribution in [3.63, 3.8) is 0 Å². The Morgan fingerprint density at radius 1 is 1.15 bits per heavy atom. The van der Waals surface area contributed by atoms with Crippen molar-refractivity contribution >= 4 is 43.5 Å². The highest BCUT2D eigenvalue weighted by Gasteiger charge is 2.11. The summed E-state index contributed by atoms with van der Waals surface area (Å²) in [5.41, 5.74) is 4.32. The van der Waals surface area contributed by atoms with Gasteiger partial charge in [-0.05, 0) is 99.5 Å². The zero-order valence-electron chi connectivity index (χ0n) is 15.8. The molecule has 0 aliphatic carbocycles. The number of nitrogens with one attached hydrogen (secondary N) is 1. The van der Waals surface area contributed by atoms with Crippen LogP contribution in [0.2, 0.25) is 0 Å². The molecule has 2 aromatic carbocycles. The number of carbonyl (C=O) groups is 1. The number of benzene rings is 2. The van der Waals surface area contributed by atoms with Crippen LogP contribution in [0.15, 0.2) is 39.3 Å². The maximum atomic E-state index is 10.8. The van der Waals surface area contributed by atoms with Crippen molar-refractivity contribution in [2.75, 3.05) is 5.32 Å². The minimum atomic E-state index is -0.802. The molecule has 2 aromatic rings. The number of hydrogen-bond donors (Lipinski definition) is 2. The Hall–Kier alpha value is -1.53. The van der Waals surface area contributed by atoms with E-state index in [2.05, 4.69) is 76.1 Å². The molecule has 27 heavy (non-hydrogen) atoms. The van der Waals surface area contributed by atoms with E-state index in [-0.39, 0.29) is 6.42 Å². The maximum absolute atomic E-state index is 10.8. The standard InChI is InChI=1S/C21H25Br2NO3/c1-4-14(3)24-17-8-13(2)7-16(9-17)12-27-21-18(22)10-15(11-19(21)23)5-6-20(25)26/h7-11,14,24H,4-6,12H2,1-3H3,(H,25,26). The van der Waals surface area contributed by atoms with E-state index in [0.29, 0.717) is 24.8 Å². The van der Waals surface area contributed by atoms with Gasteiger partial charge in [0.2, 0.25) is 0 Å². The molecule has 6 heteroatoms. The van der Waals surface area contributed by atoms with Gasteiger partial charge in [0, 0.05) is 18.2 Å². The Balaban J connectivity index is 2.11. The van der Waals surface area contributed by atoms with E-state index in [1.807, 2.05) is 12.1 Å². The van der Waals surface area contributed by atoms with E-state index in [0.717, 1.165) is 32.2 Å². The van der Waals surface area contributed by atoms with Gasteiger partial charge >= 0.3 is 5.97 Å². The van der Waals surface area contributed by atoms with E-state index >= 15 is 0 Å². The van der Waals surface area contributed by atoms with Gasteiger partial charge in [-0.2, -0.15) is 0 Å². The van der Waals surface area contributed by atoms with Gasteiger partial charge in [0.05, 0.1) is 8.95 Å². The van der Waals surface area contributed by atoms with Gasteiger partial charge < -0.3 is 15.2 Å². The first-order valence-corrected chi connectivity index (χ1v) is 10.6. The van der Waals surface area contributed by atoms with Gasteiger partial charge in [-0.3, -0.25) is 4.79 Å². The molecule has 0 heterocycles.